The molecule has 3 aromatic rings. The van der Waals surface area contributed by atoms with Crippen LogP contribution in [0.1, 0.15) is 30.9 Å². The molecule has 0 unspecified atom stereocenters. The van der Waals surface area contributed by atoms with E-state index in [1.165, 1.54) is 6.08 Å². The van der Waals surface area contributed by atoms with Crippen molar-refractivity contribution in [3.8, 4) is 28.8 Å². The van der Waals surface area contributed by atoms with Gasteiger partial charge in [-0.05, 0) is 61.7 Å². The molecule has 1 aromatic heterocycles. The van der Waals surface area contributed by atoms with E-state index in [0.29, 0.717) is 24.3 Å². The van der Waals surface area contributed by atoms with Gasteiger partial charge in [-0.1, -0.05) is 25.1 Å². The van der Waals surface area contributed by atoms with Gasteiger partial charge in [0.2, 0.25) is 0 Å². The molecular weight excluding hydrogens is 476 g/mol. The fourth-order valence-corrected chi connectivity index (χ4v) is 5.78. The van der Waals surface area contributed by atoms with Gasteiger partial charge in [-0.15, -0.1) is 0 Å². The topological polar surface area (TPSA) is 114 Å². The van der Waals surface area contributed by atoms with Crippen LogP contribution in [-0.2, 0) is 14.6 Å². The predicted molar refractivity (Wildman–Crippen MR) is 138 cm³/mol. The summed E-state index contributed by atoms with van der Waals surface area (Å²) < 4.78 is 31.0. The highest BCUT2D eigenvalue weighted by atomic mass is 32.2. The lowest BCUT2D eigenvalue weighted by atomic mass is 10.0. The Morgan fingerprint density at radius 1 is 1.28 bits per heavy atom. The van der Waals surface area contributed by atoms with Crippen molar-refractivity contribution in [1.82, 2.24) is 15.1 Å². The first kappa shape index (κ1) is 25.2. The summed E-state index contributed by atoms with van der Waals surface area (Å²) in [4.78, 5) is 12.8. The van der Waals surface area contributed by atoms with Gasteiger partial charge in [0.1, 0.15) is 23.1 Å². The van der Waals surface area contributed by atoms with Crippen LogP contribution >= 0.6 is 0 Å². The minimum Gasteiger partial charge on any atom is -0.494 e. The highest BCUT2D eigenvalue weighted by molar-refractivity contribution is 7.91. The number of aromatic nitrogens is 2. The van der Waals surface area contributed by atoms with Crippen LogP contribution in [0, 0.1) is 18.3 Å². The number of para-hydroxylation sites is 1. The second-order valence-corrected chi connectivity index (χ2v) is 11.0. The SMILES string of the molecule is CCCOc1ccc(-c2nn(-c3ccccc3)cc2/C=C(\C#N)C(=O)N[C@H]2CCS(=O)(=O)C2)c(C)c1. The van der Waals surface area contributed by atoms with Crippen LogP contribution in [0.25, 0.3) is 23.0 Å². The molecule has 1 aliphatic rings. The van der Waals surface area contributed by atoms with Crippen molar-refractivity contribution in [2.45, 2.75) is 32.7 Å². The Morgan fingerprint density at radius 3 is 2.69 bits per heavy atom. The van der Waals surface area contributed by atoms with E-state index in [4.69, 9.17) is 9.84 Å². The monoisotopic (exact) mass is 504 g/mol. The summed E-state index contributed by atoms with van der Waals surface area (Å²) in [6, 6.07) is 16.8. The molecule has 9 heteroatoms. The normalized spacial score (nSPS) is 16.9. The molecule has 2 heterocycles. The molecular formula is C27H28N4O4S. The van der Waals surface area contributed by atoms with E-state index in [1.807, 2.05) is 68.4 Å². The summed E-state index contributed by atoms with van der Waals surface area (Å²) >= 11 is 0. The van der Waals surface area contributed by atoms with Crippen LogP contribution < -0.4 is 10.1 Å². The third kappa shape index (κ3) is 5.83. The van der Waals surface area contributed by atoms with E-state index in [0.717, 1.165) is 29.0 Å². The second kappa shape index (κ2) is 10.8. The predicted octanol–water partition coefficient (Wildman–Crippen LogP) is 3.85. The molecule has 8 nitrogen and oxygen atoms in total. The molecule has 0 spiro atoms. The van der Waals surface area contributed by atoms with Gasteiger partial charge in [-0.25, -0.2) is 13.1 Å². The Morgan fingerprint density at radius 2 is 2.06 bits per heavy atom. The summed E-state index contributed by atoms with van der Waals surface area (Å²) in [7, 11) is -3.16. The minimum atomic E-state index is -3.16. The quantitative estimate of drug-likeness (QED) is 0.368. The number of rotatable bonds is 8. The molecule has 186 valence electrons. The van der Waals surface area contributed by atoms with Gasteiger partial charge in [-0.3, -0.25) is 4.79 Å². The Balaban J connectivity index is 1.72. The van der Waals surface area contributed by atoms with Crippen molar-refractivity contribution in [2.75, 3.05) is 18.1 Å². The smallest absolute Gasteiger partial charge is 0.262 e. The van der Waals surface area contributed by atoms with Crippen molar-refractivity contribution >= 4 is 21.8 Å². The maximum atomic E-state index is 12.8. The molecule has 1 aliphatic heterocycles. The third-order valence-corrected chi connectivity index (χ3v) is 7.69. The van der Waals surface area contributed by atoms with Crippen molar-refractivity contribution in [2.24, 2.45) is 0 Å². The first-order chi connectivity index (χ1) is 17.3. The van der Waals surface area contributed by atoms with Gasteiger partial charge in [0.05, 0.1) is 23.8 Å². The zero-order valence-electron chi connectivity index (χ0n) is 20.3. The van der Waals surface area contributed by atoms with E-state index in [2.05, 4.69) is 5.32 Å². The van der Waals surface area contributed by atoms with Crippen LogP contribution in [0.4, 0.5) is 0 Å². The van der Waals surface area contributed by atoms with Gasteiger partial charge in [0, 0.05) is 23.4 Å². The summed E-state index contributed by atoms with van der Waals surface area (Å²) in [6.07, 6.45) is 4.52. The minimum absolute atomic E-state index is 0.0365. The summed E-state index contributed by atoms with van der Waals surface area (Å²) in [5.74, 6) is 0.0917. The molecule has 0 bridgehead atoms. The molecule has 0 aliphatic carbocycles. The van der Waals surface area contributed by atoms with E-state index >= 15 is 0 Å². The number of carbonyl (C=O) groups excluding carboxylic acids is 1. The van der Waals surface area contributed by atoms with Gasteiger partial charge >= 0.3 is 0 Å². The van der Waals surface area contributed by atoms with Crippen LogP contribution in [0.2, 0.25) is 0 Å². The number of benzene rings is 2. The number of nitrogens with zero attached hydrogens (tertiary/aromatic N) is 3. The Labute approximate surface area is 211 Å². The largest absolute Gasteiger partial charge is 0.494 e. The Hall–Kier alpha value is -3.90. The van der Waals surface area contributed by atoms with Crippen molar-refractivity contribution < 1.29 is 17.9 Å². The zero-order valence-corrected chi connectivity index (χ0v) is 21.1. The van der Waals surface area contributed by atoms with Crippen LogP contribution in [0.3, 0.4) is 0 Å². The lowest BCUT2D eigenvalue weighted by molar-refractivity contribution is -0.117. The van der Waals surface area contributed by atoms with E-state index in [9.17, 15) is 18.5 Å². The molecule has 4 rings (SSSR count). The summed E-state index contributed by atoms with van der Waals surface area (Å²) in [6.45, 7) is 4.63. The van der Waals surface area contributed by atoms with E-state index in [-0.39, 0.29) is 17.1 Å². The van der Waals surface area contributed by atoms with Crippen molar-refractivity contribution in [3.05, 3.63) is 71.4 Å². The number of hydrogen-bond acceptors (Lipinski definition) is 6. The Kier molecular flexibility index (Phi) is 7.55. The van der Waals surface area contributed by atoms with E-state index in [1.54, 1.807) is 10.9 Å². The molecule has 36 heavy (non-hydrogen) atoms. The number of sulfone groups is 1. The average molecular weight is 505 g/mol. The van der Waals surface area contributed by atoms with Gasteiger partial charge in [0.15, 0.2) is 9.84 Å². The Bertz CT molecular complexity index is 1440. The first-order valence-corrected chi connectivity index (χ1v) is 13.6. The highest BCUT2D eigenvalue weighted by Crippen LogP contribution is 2.31. The summed E-state index contributed by atoms with van der Waals surface area (Å²) in [5, 5.41) is 17.2. The number of hydrogen-bond donors (Lipinski definition) is 1. The third-order valence-electron chi connectivity index (χ3n) is 5.92. The fourth-order valence-electron chi connectivity index (χ4n) is 4.10. The van der Waals surface area contributed by atoms with Gasteiger partial charge < -0.3 is 10.1 Å². The highest BCUT2D eigenvalue weighted by Gasteiger charge is 2.29. The molecule has 0 saturated carbocycles. The molecule has 2 aromatic carbocycles. The van der Waals surface area contributed by atoms with Crippen LogP contribution in [-0.4, -0.2) is 48.3 Å². The maximum absolute atomic E-state index is 12.8. The van der Waals surface area contributed by atoms with Crippen molar-refractivity contribution in [1.29, 1.82) is 5.26 Å². The van der Waals surface area contributed by atoms with Gasteiger partial charge in [-0.2, -0.15) is 10.4 Å². The molecule has 1 fully saturated rings. The number of nitrogens with one attached hydrogen (secondary N) is 1. The lowest BCUT2D eigenvalue weighted by Crippen LogP contribution is -2.36. The molecule has 1 amide bonds. The molecule has 1 atom stereocenters. The number of nitriles is 1. The number of amides is 1. The number of carbonyl (C=O) groups is 1. The zero-order chi connectivity index (χ0) is 25.7. The van der Waals surface area contributed by atoms with E-state index < -0.39 is 21.8 Å². The molecule has 1 N–H and O–H groups in total. The number of aryl methyl sites for hydroxylation is 1. The average Bonchev–Trinajstić information content (AvgIpc) is 3.44. The first-order valence-electron chi connectivity index (χ1n) is 11.8. The standard InChI is InChI=1S/C27H28N4O4S/c1-3-12-35-24-9-10-25(19(2)14-24)26-21(17-31(30-26)23-7-5-4-6-8-23)15-20(16-28)27(32)29-22-11-13-36(33,34)18-22/h4-10,14-15,17,22H,3,11-13,18H2,1-2H3,(H,29,32)/b20-15+/t22-/m0/s1. The lowest BCUT2D eigenvalue weighted by Gasteiger charge is -2.10. The summed E-state index contributed by atoms with van der Waals surface area (Å²) in [5.41, 5.74) is 3.71. The van der Waals surface area contributed by atoms with Gasteiger partial charge in [0.25, 0.3) is 5.91 Å². The second-order valence-electron chi connectivity index (χ2n) is 8.78. The van der Waals surface area contributed by atoms with Crippen LogP contribution in [0.5, 0.6) is 5.75 Å². The maximum Gasteiger partial charge on any atom is 0.262 e. The van der Waals surface area contributed by atoms with Crippen molar-refractivity contribution in [3.63, 3.8) is 0 Å². The fraction of sp³-hybridized carbons (Fsp3) is 0.296. The molecule has 1 saturated heterocycles. The molecule has 0 radical (unpaired) electrons. The van der Waals surface area contributed by atoms with Crippen LogP contribution in [0.15, 0.2) is 60.3 Å². The number of ether oxygens (including phenoxy) is 1.